The molecule has 1 aliphatic rings. The largest absolute Gasteiger partial charge is 0.456 e. The highest BCUT2D eigenvalue weighted by atomic mass is 35.5. The number of hydrogen-bond acceptors (Lipinski definition) is 5. The van der Waals surface area contributed by atoms with E-state index in [1.54, 1.807) is 0 Å². The van der Waals surface area contributed by atoms with E-state index in [9.17, 15) is 31.1 Å². The fourth-order valence-corrected chi connectivity index (χ4v) is 5.57. The van der Waals surface area contributed by atoms with Crippen LogP contribution in [-0.2, 0) is 17.4 Å². The minimum atomic E-state index is -4.83. The van der Waals surface area contributed by atoms with Crippen LogP contribution in [0.1, 0.15) is 41.3 Å². The molecule has 1 amide bonds. The highest BCUT2D eigenvalue weighted by molar-refractivity contribution is 7.80. The molecule has 1 aromatic heterocycles. The lowest BCUT2D eigenvalue weighted by Crippen LogP contribution is -2.39. The van der Waals surface area contributed by atoms with Crippen LogP contribution in [0.15, 0.2) is 48.7 Å². The molecular formula is C27H27ClF4N4O4S. The van der Waals surface area contributed by atoms with Crippen LogP contribution in [-0.4, -0.2) is 50.2 Å². The molecule has 0 radical (unpaired) electrons. The lowest BCUT2D eigenvalue weighted by Gasteiger charge is -2.26. The van der Waals surface area contributed by atoms with Crippen molar-refractivity contribution in [3.63, 3.8) is 0 Å². The zero-order valence-corrected chi connectivity index (χ0v) is 23.6. The number of nitrogens with zero attached hydrogens (tertiary/aromatic N) is 3. The van der Waals surface area contributed by atoms with Crippen molar-refractivity contribution in [2.45, 2.75) is 38.9 Å². The molecule has 0 aliphatic carbocycles. The molecule has 0 saturated carbocycles. The Morgan fingerprint density at radius 2 is 2.00 bits per heavy atom. The van der Waals surface area contributed by atoms with Crippen molar-refractivity contribution in [2.75, 3.05) is 29.3 Å². The summed E-state index contributed by atoms with van der Waals surface area (Å²) in [6, 6.07) is 7.42. The molecule has 8 nitrogen and oxygen atoms in total. The quantitative estimate of drug-likeness (QED) is 0.206. The van der Waals surface area contributed by atoms with Gasteiger partial charge in [0.15, 0.2) is 0 Å². The van der Waals surface area contributed by atoms with Gasteiger partial charge >= 0.3 is 6.18 Å². The van der Waals surface area contributed by atoms with E-state index in [0.717, 1.165) is 37.7 Å². The number of ether oxygens (including phenoxy) is 1. The number of anilines is 2. The van der Waals surface area contributed by atoms with Crippen LogP contribution in [0.5, 0.6) is 11.5 Å². The average Bonchev–Trinajstić information content (AvgIpc) is 3.33. The van der Waals surface area contributed by atoms with Crippen LogP contribution in [0.2, 0.25) is 5.02 Å². The van der Waals surface area contributed by atoms with E-state index in [1.807, 2.05) is 6.92 Å². The van der Waals surface area contributed by atoms with Crippen LogP contribution in [0.4, 0.5) is 29.1 Å². The molecule has 1 saturated heterocycles. The molecule has 2 aromatic carbocycles. The first kappa shape index (κ1) is 30.7. The van der Waals surface area contributed by atoms with Crippen LogP contribution < -0.4 is 14.4 Å². The molecule has 41 heavy (non-hydrogen) atoms. The first-order valence-corrected chi connectivity index (χ1v) is 14.1. The number of alkyl halides is 3. The number of rotatable bonds is 9. The molecule has 2 N–H and O–H groups in total. The van der Waals surface area contributed by atoms with Crippen LogP contribution >= 0.6 is 11.6 Å². The van der Waals surface area contributed by atoms with Crippen molar-refractivity contribution in [1.29, 1.82) is 0 Å². The lowest BCUT2D eigenvalue weighted by molar-refractivity contribution is -0.137. The zero-order chi connectivity index (χ0) is 29.9. The van der Waals surface area contributed by atoms with Gasteiger partial charge in [0.1, 0.15) is 23.1 Å². The summed E-state index contributed by atoms with van der Waals surface area (Å²) < 4.78 is 83.6. The molecular weight excluding hydrogens is 588 g/mol. The first-order valence-electron chi connectivity index (χ1n) is 12.6. The zero-order valence-electron chi connectivity index (χ0n) is 22.0. The second-order valence-corrected chi connectivity index (χ2v) is 10.8. The van der Waals surface area contributed by atoms with Crippen LogP contribution in [0, 0.1) is 12.7 Å². The van der Waals surface area contributed by atoms with Gasteiger partial charge in [-0.15, -0.1) is 0 Å². The van der Waals surface area contributed by atoms with Gasteiger partial charge in [-0.05, 0) is 68.3 Å². The molecule has 4 rings (SSSR count). The normalized spacial score (nSPS) is 16.4. The Balaban J connectivity index is 1.65. The molecule has 2 heterocycles. The van der Waals surface area contributed by atoms with Crippen molar-refractivity contribution in [1.82, 2.24) is 9.88 Å². The van der Waals surface area contributed by atoms with Gasteiger partial charge in [-0.25, -0.2) is 17.9 Å². The third-order valence-electron chi connectivity index (χ3n) is 6.49. The Bertz CT molecular complexity index is 1460. The molecule has 0 bridgehead atoms. The van der Waals surface area contributed by atoms with Gasteiger partial charge in [-0.1, -0.05) is 18.5 Å². The maximum absolute atomic E-state index is 13.6. The summed E-state index contributed by atoms with van der Waals surface area (Å²) in [7, 11) is 0. The lowest BCUT2D eigenvalue weighted by atomic mass is 10.1. The fraction of sp³-hybridized carbons (Fsp3) is 0.333. The number of pyridine rings is 1. The molecule has 14 heteroatoms. The van der Waals surface area contributed by atoms with E-state index in [1.165, 1.54) is 35.6 Å². The number of likely N-dealkylation sites (tertiary alicyclic amines) is 1. The predicted octanol–water partition coefficient (Wildman–Crippen LogP) is 6.67. The van der Waals surface area contributed by atoms with Gasteiger partial charge in [0.05, 0.1) is 22.2 Å². The molecule has 220 valence electrons. The van der Waals surface area contributed by atoms with Gasteiger partial charge < -0.3 is 15.0 Å². The summed E-state index contributed by atoms with van der Waals surface area (Å²) in [6.07, 6.45) is -1.92. The van der Waals surface area contributed by atoms with E-state index in [-0.39, 0.29) is 28.9 Å². The minimum absolute atomic E-state index is 0.0387. The van der Waals surface area contributed by atoms with E-state index in [0.29, 0.717) is 24.6 Å². The monoisotopic (exact) mass is 614 g/mol. The Hall–Kier alpha value is -3.26. The standard InChI is InChI=1S/C27H27ClF4N4O4S/c1-3-9-35-10-7-19(15-35)36(41(38)39)25-12-18(6-8-33-25)34-26(37)20-13-22(28)21(27(30,31)32)14-24(20)40-23-5-4-17(29)11-16(23)2/h4-6,8,11-14,19H,3,7,9-10,15H2,1-2H3,(H,38,39)(H,33,34,37)/t19-/m0/s1. The van der Waals surface area contributed by atoms with Crippen molar-refractivity contribution in [3.05, 3.63) is 76.2 Å². The van der Waals surface area contributed by atoms with E-state index in [2.05, 4.69) is 15.2 Å². The molecule has 3 aromatic rings. The average molecular weight is 615 g/mol. The van der Waals surface area contributed by atoms with Crippen molar-refractivity contribution >= 4 is 40.3 Å². The van der Waals surface area contributed by atoms with Crippen molar-refractivity contribution in [3.8, 4) is 11.5 Å². The van der Waals surface area contributed by atoms with Gasteiger partial charge in [0.25, 0.3) is 17.2 Å². The summed E-state index contributed by atoms with van der Waals surface area (Å²) in [4.78, 5) is 19.7. The predicted molar refractivity (Wildman–Crippen MR) is 148 cm³/mol. The number of halogens is 5. The van der Waals surface area contributed by atoms with E-state index in [4.69, 9.17) is 16.3 Å². The number of nitrogens with one attached hydrogen (secondary N) is 1. The second-order valence-electron chi connectivity index (χ2n) is 9.49. The van der Waals surface area contributed by atoms with E-state index >= 15 is 0 Å². The smallest absolute Gasteiger partial charge is 0.417 e. The number of carbonyl (C=O) groups is 1. The third kappa shape index (κ3) is 7.34. The summed E-state index contributed by atoms with van der Waals surface area (Å²) in [6.45, 7) is 5.72. The maximum atomic E-state index is 13.6. The van der Waals surface area contributed by atoms with Gasteiger partial charge in [0, 0.05) is 31.0 Å². The second kappa shape index (κ2) is 12.7. The molecule has 2 atom stereocenters. The number of amides is 1. The first-order chi connectivity index (χ1) is 19.4. The summed E-state index contributed by atoms with van der Waals surface area (Å²) >= 11 is 3.51. The van der Waals surface area contributed by atoms with Gasteiger partial charge in [0.2, 0.25) is 0 Å². The number of carbonyl (C=O) groups excluding carboxylic acids is 1. The Labute approximate surface area is 241 Å². The van der Waals surface area contributed by atoms with Gasteiger partial charge in [-0.2, -0.15) is 13.2 Å². The number of aryl methyl sites for hydroxylation is 1. The maximum Gasteiger partial charge on any atom is 0.417 e. The Kier molecular flexibility index (Phi) is 9.52. The third-order valence-corrected chi connectivity index (χ3v) is 7.63. The Morgan fingerprint density at radius 1 is 1.24 bits per heavy atom. The number of aromatic nitrogens is 1. The summed E-state index contributed by atoms with van der Waals surface area (Å²) in [5.41, 5.74) is -1.08. The molecule has 1 fully saturated rings. The molecule has 1 aliphatic heterocycles. The fourth-order valence-electron chi connectivity index (χ4n) is 4.61. The SMILES string of the molecule is CCCN1CC[C@H](N(c2cc(NC(=O)c3cc(Cl)c(C(F)(F)F)cc3Oc3ccc(F)cc3C)ccn2)S(=O)O)C1. The minimum Gasteiger partial charge on any atom is -0.456 e. The summed E-state index contributed by atoms with van der Waals surface area (Å²) in [5.74, 6) is -1.71. The Morgan fingerprint density at radius 3 is 2.66 bits per heavy atom. The number of hydrogen-bond donors (Lipinski definition) is 2. The highest BCUT2D eigenvalue weighted by Gasteiger charge is 2.36. The van der Waals surface area contributed by atoms with E-state index < -0.39 is 45.5 Å². The van der Waals surface area contributed by atoms with Crippen molar-refractivity contribution < 1.29 is 35.9 Å². The molecule has 0 spiro atoms. The van der Waals surface area contributed by atoms with Crippen molar-refractivity contribution in [2.24, 2.45) is 0 Å². The van der Waals surface area contributed by atoms with Crippen LogP contribution in [0.25, 0.3) is 0 Å². The van der Waals surface area contributed by atoms with Gasteiger partial charge in [-0.3, -0.25) is 9.35 Å². The molecule has 1 unspecified atom stereocenters. The van der Waals surface area contributed by atoms with Crippen LogP contribution in [0.3, 0.4) is 0 Å². The summed E-state index contributed by atoms with van der Waals surface area (Å²) in [5, 5.41) is 1.85. The number of benzene rings is 2. The highest BCUT2D eigenvalue weighted by Crippen LogP contribution is 2.40. The topological polar surface area (TPSA) is 95.0 Å².